The van der Waals surface area contributed by atoms with Crippen molar-refractivity contribution in [2.24, 2.45) is 0 Å². The summed E-state index contributed by atoms with van der Waals surface area (Å²) in [6.07, 6.45) is 1.57. The van der Waals surface area contributed by atoms with E-state index in [4.69, 9.17) is 10.2 Å². The van der Waals surface area contributed by atoms with E-state index in [0.717, 1.165) is 0 Å². The summed E-state index contributed by atoms with van der Waals surface area (Å²) >= 11 is 0. The Bertz CT molecular complexity index is 516. The highest BCUT2D eigenvalue weighted by molar-refractivity contribution is 5.97. The molecular weight excluding hydrogens is 220 g/mol. The van der Waals surface area contributed by atoms with E-state index in [9.17, 15) is 4.79 Å². The number of nitrogens with one attached hydrogen (secondary N) is 1. The molecule has 0 atom stereocenters. The molecule has 2 rings (SSSR count). The number of carbonyl (C=O) groups is 1. The highest BCUT2D eigenvalue weighted by Gasteiger charge is 2.19. The Morgan fingerprint density at radius 2 is 2.41 bits per heavy atom. The lowest BCUT2D eigenvalue weighted by Crippen LogP contribution is -2.27. The molecule has 17 heavy (non-hydrogen) atoms. The number of rotatable bonds is 3. The second-order valence-electron chi connectivity index (χ2n) is 3.85. The van der Waals surface area contributed by atoms with Crippen molar-refractivity contribution in [3.63, 3.8) is 0 Å². The van der Waals surface area contributed by atoms with Crippen molar-refractivity contribution in [1.29, 1.82) is 0 Å². The van der Waals surface area contributed by atoms with Crippen LogP contribution in [0.4, 0.5) is 5.69 Å². The lowest BCUT2D eigenvalue weighted by atomic mass is 10.3. The zero-order valence-electron chi connectivity index (χ0n) is 9.73. The third kappa shape index (κ3) is 2.15. The van der Waals surface area contributed by atoms with Crippen molar-refractivity contribution in [1.82, 2.24) is 15.1 Å². The Hall–Kier alpha value is -2.24. The van der Waals surface area contributed by atoms with Crippen molar-refractivity contribution in [3.8, 4) is 0 Å². The molecule has 0 saturated heterocycles. The van der Waals surface area contributed by atoms with Gasteiger partial charge in [0, 0.05) is 7.05 Å². The summed E-state index contributed by atoms with van der Waals surface area (Å²) in [4.78, 5) is 13.5. The number of hydrogen-bond acceptors (Lipinski definition) is 4. The molecule has 0 aliphatic heterocycles. The molecule has 2 aromatic heterocycles. The van der Waals surface area contributed by atoms with Gasteiger partial charge in [-0.1, -0.05) is 0 Å². The molecule has 0 aliphatic rings. The monoisotopic (exact) mass is 234 g/mol. The summed E-state index contributed by atoms with van der Waals surface area (Å²) in [5, 5.41) is 6.58. The SMILES string of the molecule is Cc1[nH]nc(C(=O)N(C)Cc2ccco2)c1N. The normalized spacial score (nSPS) is 10.5. The van der Waals surface area contributed by atoms with Gasteiger partial charge in [0.25, 0.3) is 5.91 Å². The number of amides is 1. The Morgan fingerprint density at radius 3 is 2.94 bits per heavy atom. The van der Waals surface area contributed by atoms with Gasteiger partial charge in [0.15, 0.2) is 5.69 Å². The molecule has 0 fully saturated rings. The van der Waals surface area contributed by atoms with Crippen LogP contribution in [0.1, 0.15) is 21.9 Å². The third-order valence-corrected chi connectivity index (χ3v) is 2.52. The predicted octanol–water partition coefficient (Wildman–Crippen LogP) is 1.17. The molecule has 0 spiro atoms. The maximum atomic E-state index is 12.0. The molecule has 90 valence electrons. The van der Waals surface area contributed by atoms with Gasteiger partial charge in [-0.2, -0.15) is 5.10 Å². The van der Waals surface area contributed by atoms with E-state index in [2.05, 4.69) is 10.2 Å². The largest absolute Gasteiger partial charge is 0.467 e. The number of nitrogens with two attached hydrogens (primary N) is 1. The average molecular weight is 234 g/mol. The smallest absolute Gasteiger partial charge is 0.276 e. The van der Waals surface area contributed by atoms with Gasteiger partial charge in [-0.15, -0.1) is 0 Å². The summed E-state index contributed by atoms with van der Waals surface area (Å²) in [6.45, 7) is 2.16. The van der Waals surface area contributed by atoms with Crippen molar-refractivity contribution >= 4 is 11.6 Å². The number of aryl methyl sites for hydroxylation is 1. The Balaban J connectivity index is 2.12. The Morgan fingerprint density at radius 1 is 1.65 bits per heavy atom. The van der Waals surface area contributed by atoms with Crippen LogP contribution >= 0.6 is 0 Å². The molecule has 0 bridgehead atoms. The molecule has 6 nitrogen and oxygen atoms in total. The fourth-order valence-electron chi connectivity index (χ4n) is 1.49. The molecule has 2 aromatic rings. The van der Waals surface area contributed by atoms with Crippen molar-refractivity contribution in [3.05, 3.63) is 35.5 Å². The molecule has 2 heterocycles. The molecule has 0 aromatic carbocycles. The van der Waals surface area contributed by atoms with Crippen LogP contribution in [0.3, 0.4) is 0 Å². The second kappa shape index (κ2) is 4.32. The van der Waals surface area contributed by atoms with Gasteiger partial charge in [0.05, 0.1) is 24.2 Å². The number of H-pyrrole nitrogens is 1. The number of aromatic amines is 1. The van der Waals surface area contributed by atoms with Gasteiger partial charge >= 0.3 is 0 Å². The van der Waals surface area contributed by atoms with E-state index in [0.29, 0.717) is 23.7 Å². The van der Waals surface area contributed by atoms with Crippen LogP contribution in [0.2, 0.25) is 0 Å². The second-order valence-corrected chi connectivity index (χ2v) is 3.85. The Labute approximate surface area is 98.4 Å². The lowest BCUT2D eigenvalue weighted by molar-refractivity contribution is 0.0770. The number of anilines is 1. The van der Waals surface area contributed by atoms with E-state index in [1.807, 2.05) is 6.07 Å². The summed E-state index contributed by atoms with van der Waals surface area (Å²) < 4.78 is 5.17. The summed E-state index contributed by atoms with van der Waals surface area (Å²) in [5.41, 5.74) is 7.08. The average Bonchev–Trinajstić information content (AvgIpc) is 2.90. The molecule has 0 unspecified atom stereocenters. The van der Waals surface area contributed by atoms with E-state index in [1.54, 1.807) is 26.3 Å². The lowest BCUT2D eigenvalue weighted by Gasteiger charge is -2.14. The number of nitrogens with zero attached hydrogens (tertiary/aromatic N) is 2. The van der Waals surface area contributed by atoms with Gasteiger partial charge in [0.2, 0.25) is 0 Å². The van der Waals surface area contributed by atoms with Gasteiger partial charge in [-0.3, -0.25) is 9.89 Å². The van der Waals surface area contributed by atoms with Crippen LogP contribution in [0.25, 0.3) is 0 Å². The van der Waals surface area contributed by atoms with Crippen LogP contribution in [-0.2, 0) is 6.54 Å². The van der Waals surface area contributed by atoms with Gasteiger partial charge in [-0.05, 0) is 19.1 Å². The van der Waals surface area contributed by atoms with Crippen molar-refractivity contribution in [2.45, 2.75) is 13.5 Å². The first kappa shape index (κ1) is 11.3. The number of hydrogen-bond donors (Lipinski definition) is 2. The molecule has 3 N–H and O–H groups in total. The summed E-state index contributed by atoms with van der Waals surface area (Å²) in [5.74, 6) is 0.481. The van der Waals surface area contributed by atoms with Gasteiger partial charge in [0.1, 0.15) is 5.76 Å². The molecule has 0 aliphatic carbocycles. The number of furan rings is 1. The van der Waals surface area contributed by atoms with Gasteiger partial charge < -0.3 is 15.1 Å². The molecule has 6 heteroatoms. The fraction of sp³-hybridized carbons (Fsp3) is 0.273. The number of aromatic nitrogens is 2. The van der Waals surface area contributed by atoms with Gasteiger partial charge in [-0.25, -0.2) is 0 Å². The minimum absolute atomic E-state index is 0.233. The van der Waals surface area contributed by atoms with Crippen molar-refractivity contribution < 1.29 is 9.21 Å². The van der Waals surface area contributed by atoms with Crippen LogP contribution in [0.15, 0.2) is 22.8 Å². The maximum Gasteiger partial charge on any atom is 0.276 e. The highest BCUT2D eigenvalue weighted by Crippen LogP contribution is 2.15. The predicted molar refractivity (Wildman–Crippen MR) is 62.2 cm³/mol. The maximum absolute atomic E-state index is 12.0. The standard InChI is InChI=1S/C11H14N4O2/c1-7-9(12)10(14-13-7)11(16)15(2)6-8-4-3-5-17-8/h3-5H,6,12H2,1-2H3,(H,13,14). The van der Waals surface area contributed by atoms with Crippen LogP contribution in [-0.4, -0.2) is 28.1 Å². The van der Waals surface area contributed by atoms with E-state index < -0.39 is 0 Å². The zero-order chi connectivity index (χ0) is 12.4. The minimum atomic E-state index is -0.233. The number of carbonyl (C=O) groups excluding carboxylic acids is 1. The molecule has 1 amide bonds. The first-order valence-corrected chi connectivity index (χ1v) is 5.18. The quantitative estimate of drug-likeness (QED) is 0.834. The zero-order valence-corrected chi connectivity index (χ0v) is 9.73. The van der Waals surface area contributed by atoms with Crippen LogP contribution < -0.4 is 5.73 Å². The Kier molecular flexibility index (Phi) is 2.86. The summed E-state index contributed by atoms with van der Waals surface area (Å²) in [6, 6.07) is 3.59. The molecule has 0 radical (unpaired) electrons. The third-order valence-electron chi connectivity index (χ3n) is 2.52. The van der Waals surface area contributed by atoms with Crippen LogP contribution in [0, 0.1) is 6.92 Å². The van der Waals surface area contributed by atoms with Crippen LogP contribution in [0.5, 0.6) is 0 Å². The topological polar surface area (TPSA) is 88.2 Å². The number of nitrogen functional groups attached to an aromatic ring is 1. The molecule has 0 saturated carbocycles. The summed E-state index contributed by atoms with van der Waals surface area (Å²) in [7, 11) is 1.67. The van der Waals surface area contributed by atoms with E-state index in [-0.39, 0.29) is 11.6 Å². The highest BCUT2D eigenvalue weighted by atomic mass is 16.3. The first-order chi connectivity index (χ1) is 8.09. The fourth-order valence-corrected chi connectivity index (χ4v) is 1.49. The minimum Gasteiger partial charge on any atom is -0.467 e. The molecular formula is C11H14N4O2. The first-order valence-electron chi connectivity index (χ1n) is 5.18. The van der Waals surface area contributed by atoms with Crippen molar-refractivity contribution in [2.75, 3.05) is 12.8 Å². The van der Waals surface area contributed by atoms with E-state index >= 15 is 0 Å². The van der Waals surface area contributed by atoms with E-state index in [1.165, 1.54) is 4.90 Å².